The van der Waals surface area contributed by atoms with E-state index in [9.17, 15) is 10.1 Å². The lowest BCUT2D eigenvalue weighted by Gasteiger charge is -2.30. The Morgan fingerprint density at radius 2 is 1.53 bits per heavy atom. The van der Waals surface area contributed by atoms with Crippen molar-refractivity contribution >= 4 is 5.78 Å². The highest BCUT2D eigenvalue weighted by molar-refractivity contribution is 5.81. The van der Waals surface area contributed by atoms with Gasteiger partial charge in [0.2, 0.25) is 0 Å². The van der Waals surface area contributed by atoms with Crippen molar-refractivity contribution in [3.63, 3.8) is 0 Å². The number of ketones is 1. The largest absolute Gasteiger partial charge is 0.299 e. The van der Waals surface area contributed by atoms with Crippen molar-refractivity contribution in [1.82, 2.24) is 0 Å². The monoisotopic (exact) mass is 261 g/mol. The maximum absolute atomic E-state index is 12.4. The first-order valence-corrected chi connectivity index (χ1v) is 8.23. The van der Waals surface area contributed by atoms with E-state index < -0.39 is 0 Å². The van der Waals surface area contributed by atoms with E-state index in [2.05, 4.69) is 6.07 Å². The first-order valence-electron chi connectivity index (χ1n) is 8.23. The molecule has 0 aromatic heterocycles. The predicted octanol–water partition coefficient (Wildman–Crippen LogP) is 4.64. The maximum atomic E-state index is 12.4. The van der Waals surface area contributed by atoms with E-state index in [0.717, 1.165) is 32.1 Å². The zero-order chi connectivity index (χ0) is 13.5. The van der Waals surface area contributed by atoms with Crippen molar-refractivity contribution in [2.75, 3.05) is 0 Å². The zero-order valence-electron chi connectivity index (χ0n) is 12.1. The van der Waals surface area contributed by atoms with E-state index in [4.69, 9.17) is 0 Å². The van der Waals surface area contributed by atoms with E-state index in [-0.39, 0.29) is 11.8 Å². The summed E-state index contributed by atoms with van der Waals surface area (Å²) in [5, 5.41) is 9.25. The number of rotatable bonds is 1. The number of nitriles is 1. The Morgan fingerprint density at radius 1 is 0.895 bits per heavy atom. The number of nitrogens with zero attached hydrogens (tertiary/aromatic N) is 1. The second-order valence-corrected chi connectivity index (χ2v) is 6.49. The highest BCUT2D eigenvalue weighted by Crippen LogP contribution is 2.35. The van der Waals surface area contributed by atoms with Crippen LogP contribution in [0.3, 0.4) is 0 Å². The van der Waals surface area contributed by atoms with Gasteiger partial charge in [-0.2, -0.15) is 5.26 Å². The molecule has 0 spiro atoms. The molecule has 0 aromatic rings. The van der Waals surface area contributed by atoms with Crippen LogP contribution >= 0.6 is 0 Å². The van der Waals surface area contributed by atoms with Crippen LogP contribution in [-0.4, -0.2) is 5.78 Å². The Kier molecular flexibility index (Phi) is 5.89. The lowest BCUT2D eigenvalue weighted by Crippen LogP contribution is -2.28. The number of carbonyl (C=O) groups excluding carboxylic acids is 1. The molecule has 0 radical (unpaired) electrons. The third kappa shape index (κ3) is 4.34. The van der Waals surface area contributed by atoms with Gasteiger partial charge in [0.25, 0.3) is 0 Å². The van der Waals surface area contributed by atoms with E-state index in [1.165, 1.54) is 44.9 Å². The van der Waals surface area contributed by atoms with Gasteiger partial charge in [0.05, 0.1) is 6.07 Å². The molecule has 0 bridgehead atoms. The van der Waals surface area contributed by atoms with Crippen molar-refractivity contribution in [3.8, 4) is 6.07 Å². The molecule has 2 aliphatic carbocycles. The molecule has 0 saturated heterocycles. The van der Waals surface area contributed by atoms with Crippen LogP contribution in [0.4, 0.5) is 0 Å². The fourth-order valence-corrected chi connectivity index (χ4v) is 3.89. The topological polar surface area (TPSA) is 40.9 Å². The minimum atomic E-state index is 0.125. The van der Waals surface area contributed by atoms with Gasteiger partial charge in [-0.05, 0) is 38.0 Å². The zero-order valence-corrected chi connectivity index (χ0v) is 12.1. The second kappa shape index (κ2) is 7.68. The smallest absolute Gasteiger partial charge is 0.136 e. The Balaban J connectivity index is 2.03. The first kappa shape index (κ1) is 14.6. The summed E-state index contributed by atoms with van der Waals surface area (Å²) in [4.78, 5) is 12.4. The summed E-state index contributed by atoms with van der Waals surface area (Å²) in [6, 6.07) is 2.44. The van der Waals surface area contributed by atoms with Crippen molar-refractivity contribution in [3.05, 3.63) is 0 Å². The highest BCUT2D eigenvalue weighted by Gasteiger charge is 2.31. The highest BCUT2D eigenvalue weighted by atomic mass is 16.1. The SMILES string of the molecule is N#CC1CCCCC(=O)C(C2CCCCCCC2)C1. The van der Waals surface area contributed by atoms with Crippen LogP contribution in [0.5, 0.6) is 0 Å². The Hall–Kier alpha value is -0.840. The van der Waals surface area contributed by atoms with Crippen LogP contribution in [0.25, 0.3) is 0 Å². The summed E-state index contributed by atoms with van der Waals surface area (Å²) in [6.07, 6.45) is 13.7. The summed E-state index contributed by atoms with van der Waals surface area (Å²) in [5.41, 5.74) is 0. The van der Waals surface area contributed by atoms with E-state index in [1.807, 2.05) is 0 Å². The number of carbonyl (C=O) groups is 1. The van der Waals surface area contributed by atoms with E-state index in [1.54, 1.807) is 0 Å². The molecule has 2 aliphatic rings. The minimum Gasteiger partial charge on any atom is -0.299 e. The fraction of sp³-hybridized carbons (Fsp3) is 0.882. The standard InChI is InChI=1S/C17H27NO/c18-13-14-8-6-7-11-17(19)16(12-14)15-9-4-2-1-3-5-10-15/h14-16H,1-12H2. The van der Waals surface area contributed by atoms with Crippen LogP contribution in [0, 0.1) is 29.1 Å². The average Bonchev–Trinajstić information content (AvgIpc) is 2.36. The van der Waals surface area contributed by atoms with Crippen molar-refractivity contribution < 1.29 is 4.79 Å². The van der Waals surface area contributed by atoms with Gasteiger partial charge in [-0.25, -0.2) is 0 Å². The summed E-state index contributed by atoms with van der Waals surface area (Å²) in [7, 11) is 0. The van der Waals surface area contributed by atoms with Crippen LogP contribution in [-0.2, 0) is 4.79 Å². The van der Waals surface area contributed by atoms with Gasteiger partial charge in [0, 0.05) is 18.3 Å². The molecule has 0 amide bonds. The molecular formula is C17H27NO. The van der Waals surface area contributed by atoms with Crippen molar-refractivity contribution in [2.45, 2.75) is 77.0 Å². The maximum Gasteiger partial charge on any atom is 0.136 e. The lowest BCUT2D eigenvalue weighted by molar-refractivity contribution is -0.125. The molecular weight excluding hydrogens is 234 g/mol. The lowest BCUT2D eigenvalue weighted by atomic mass is 9.73. The first-order chi connectivity index (χ1) is 9.31. The number of hydrogen-bond acceptors (Lipinski definition) is 2. The van der Waals surface area contributed by atoms with E-state index >= 15 is 0 Å². The predicted molar refractivity (Wildman–Crippen MR) is 76.5 cm³/mol. The van der Waals surface area contributed by atoms with Gasteiger partial charge in [-0.3, -0.25) is 4.79 Å². The van der Waals surface area contributed by atoms with Gasteiger partial charge in [0.15, 0.2) is 0 Å². The molecule has 2 saturated carbocycles. The Labute approximate surface area is 117 Å². The molecule has 2 atom stereocenters. The molecule has 2 unspecified atom stereocenters. The molecule has 2 heteroatoms. The van der Waals surface area contributed by atoms with Crippen molar-refractivity contribution in [2.24, 2.45) is 17.8 Å². The van der Waals surface area contributed by atoms with Crippen LogP contribution in [0.2, 0.25) is 0 Å². The van der Waals surface area contributed by atoms with Gasteiger partial charge in [-0.15, -0.1) is 0 Å². The number of Topliss-reactive ketones (excluding diaryl/α,β-unsaturated/α-hetero) is 1. The fourth-order valence-electron chi connectivity index (χ4n) is 3.89. The third-order valence-electron chi connectivity index (χ3n) is 5.08. The molecule has 2 nitrogen and oxygen atoms in total. The summed E-state index contributed by atoms with van der Waals surface area (Å²) in [6.45, 7) is 0. The molecule has 2 rings (SSSR count). The average molecular weight is 261 g/mol. The minimum absolute atomic E-state index is 0.125. The molecule has 0 N–H and O–H groups in total. The normalized spacial score (nSPS) is 31.6. The quantitative estimate of drug-likeness (QED) is 0.690. The Bertz CT molecular complexity index is 323. The van der Waals surface area contributed by atoms with Gasteiger partial charge in [0.1, 0.15) is 5.78 Å². The summed E-state index contributed by atoms with van der Waals surface area (Å²) >= 11 is 0. The second-order valence-electron chi connectivity index (χ2n) is 6.49. The molecule has 106 valence electrons. The number of hydrogen-bond donors (Lipinski definition) is 0. The van der Waals surface area contributed by atoms with Gasteiger partial charge in [-0.1, -0.05) is 38.5 Å². The van der Waals surface area contributed by atoms with Gasteiger partial charge >= 0.3 is 0 Å². The van der Waals surface area contributed by atoms with Gasteiger partial charge < -0.3 is 0 Å². The van der Waals surface area contributed by atoms with Crippen LogP contribution < -0.4 is 0 Å². The van der Waals surface area contributed by atoms with Crippen molar-refractivity contribution in [1.29, 1.82) is 5.26 Å². The molecule has 2 fully saturated rings. The molecule has 19 heavy (non-hydrogen) atoms. The van der Waals surface area contributed by atoms with Crippen LogP contribution in [0.15, 0.2) is 0 Å². The molecule has 0 heterocycles. The summed E-state index contributed by atoms with van der Waals surface area (Å²) in [5.74, 6) is 1.36. The van der Waals surface area contributed by atoms with E-state index in [0.29, 0.717) is 11.7 Å². The summed E-state index contributed by atoms with van der Waals surface area (Å²) < 4.78 is 0. The molecule has 0 aromatic carbocycles. The Morgan fingerprint density at radius 3 is 2.21 bits per heavy atom. The molecule has 0 aliphatic heterocycles. The third-order valence-corrected chi connectivity index (χ3v) is 5.08. The van der Waals surface area contributed by atoms with Crippen LogP contribution in [0.1, 0.15) is 77.0 Å².